The molecule has 1 fully saturated rings. The number of amides is 1. The number of nitrogens with zero attached hydrogens (tertiary/aromatic N) is 1. The van der Waals surface area contributed by atoms with Gasteiger partial charge in [0.25, 0.3) is 5.91 Å². The van der Waals surface area contributed by atoms with E-state index in [4.69, 9.17) is 9.47 Å². The Hall–Kier alpha value is -1.55. The number of para-hydroxylation sites is 1. The number of morpholine rings is 1. The smallest absolute Gasteiger partial charge is 0.260 e. The van der Waals surface area contributed by atoms with Crippen molar-refractivity contribution in [2.45, 2.75) is 32.9 Å². The van der Waals surface area contributed by atoms with E-state index in [1.165, 1.54) is 0 Å². The lowest BCUT2D eigenvalue weighted by Crippen LogP contribution is -2.51. The number of ether oxygens (including phenoxy) is 2. The summed E-state index contributed by atoms with van der Waals surface area (Å²) in [7, 11) is 0. The summed E-state index contributed by atoms with van der Waals surface area (Å²) in [5, 5.41) is 0. The van der Waals surface area contributed by atoms with E-state index in [0.717, 1.165) is 11.3 Å². The molecule has 1 aliphatic heterocycles. The molecule has 0 spiro atoms. The van der Waals surface area contributed by atoms with Crippen molar-refractivity contribution in [2.24, 2.45) is 0 Å². The van der Waals surface area contributed by atoms with Gasteiger partial charge in [0.05, 0.1) is 18.8 Å². The van der Waals surface area contributed by atoms with Crippen LogP contribution in [0, 0.1) is 6.92 Å². The third kappa shape index (κ3) is 3.47. The first-order valence-electron chi connectivity index (χ1n) is 6.67. The molecule has 1 amide bonds. The molecule has 2 atom stereocenters. The standard InChI is InChI=1S/C15H21NO3/c1-11-6-4-5-7-14(11)19-10-15(17)16-8-13(3)18-9-12(16)2/h4-7,12-13H,8-10H2,1-3H3. The molecule has 1 heterocycles. The second-order valence-electron chi connectivity index (χ2n) is 5.09. The summed E-state index contributed by atoms with van der Waals surface area (Å²) in [5.74, 6) is 0.788. The third-order valence-corrected chi connectivity index (χ3v) is 3.37. The van der Waals surface area contributed by atoms with E-state index in [2.05, 4.69) is 0 Å². The van der Waals surface area contributed by atoms with Gasteiger partial charge in [-0.2, -0.15) is 0 Å². The molecule has 0 N–H and O–H groups in total. The average molecular weight is 263 g/mol. The number of rotatable bonds is 3. The fourth-order valence-corrected chi connectivity index (χ4v) is 2.19. The highest BCUT2D eigenvalue weighted by Gasteiger charge is 2.27. The fourth-order valence-electron chi connectivity index (χ4n) is 2.19. The van der Waals surface area contributed by atoms with E-state index in [9.17, 15) is 4.79 Å². The van der Waals surface area contributed by atoms with Gasteiger partial charge < -0.3 is 14.4 Å². The van der Waals surface area contributed by atoms with Crippen LogP contribution in [0.5, 0.6) is 5.75 Å². The van der Waals surface area contributed by atoms with Gasteiger partial charge in [-0.05, 0) is 32.4 Å². The molecule has 0 bridgehead atoms. The first-order chi connectivity index (χ1) is 9.08. The highest BCUT2D eigenvalue weighted by Crippen LogP contribution is 2.17. The number of aryl methyl sites for hydroxylation is 1. The summed E-state index contributed by atoms with van der Waals surface area (Å²) in [4.78, 5) is 14.0. The van der Waals surface area contributed by atoms with Crippen molar-refractivity contribution in [2.75, 3.05) is 19.8 Å². The van der Waals surface area contributed by atoms with Crippen LogP contribution >= 0.6 is 0 Å². The molecule has 104 valence electrons. The van der Waals surface area contributed by atoms with E-state index in [0.29, 0.717) is 13.2 Å². The zero-order valence-corrected chi connectivity index (χ0v) is 11.8. The summed E-state index contributed by atoms with van der Waals surface area (Å²) in [6.45, 7) is 7.27. The molecule has 1 aromatic rings. The van der Waals surface area contributed by atoms with Crippen LogP contribution in [0.3, 0.4) is 0 Å². The molecule has 2 rings (SSSR count). The summed E-state index contributed by atoms with van der Waals surface area (Å²) < 4.78 is 11.1. The maximum Gasteiger partial charge on any atom is 0.260 e. The SMILES string of the molecule is Cc1ccccc1OCC(=O)N1CC(C)OCC1C. The molecule has 4 nitrogen and oxygen atoms in total. The summed E-state index contributed by atoms with van der Waals surface area (Å²) in [6, 6.07) is 7.83. The fraction of sp³-hybridized carbons (Fsp3) is 0.533. The van der Waals surface area contributed by atoms with Gasteiger partial charge in [-0.25, -0.2) is 0 Å². The monoisotopic (exact) mass is 263 g/mol. The van der Waals surface area contributed by atoms with Gasteiger partial charge in [-0.1, -0.05) is 18.2 Å². The lowest BCUT2D eigenvalue weighted by atomic mass is 10.2. The predicted molar refractivity (Wildman–Crippen MR) is 73.3 cm³/mol. The Bertz CT molecular complexity index is 447. The summed E-state index contributed by atoms with van der Waals surface area (Å²) in [6.07, 6.45) is 0.0959. The molecule has 0 saturated carbocycles. The van der Waals surface area contributed by atoms with Crippen molar-refractivity contribution in [3.05, 3.63) is 29.8 Å². The molecule has 19 heavy (non-hydrogen) atoms. The quantitative estimate of drug-likeness (QED) is 0.837. The Morgan fingerprint density at radius 1 is 1.42 bits per heavy atom. The highest BCUT2D eigenvalue weighted by molar-refractivity contribution is 5.78. The van der Waals surface area contributed by atoms with E-state index in [1.807, 2.05) is 49.9 Å². The van der Waals surface area contributed by atoms with Gasteiger partial charge in [0, 0.05) is 6.54 Å². The molecule has 1 saturated heterocycles. The Labute approximate surface area is 114 Å². The maximum absolute atomic E-state index is 12.2. The Balaban J connectivity index is 1.92. The molecule has 0 aromatic heterocycles. The molecule has 4 heteroatoms. The second kappa shape index (κ2) is 6.06. The van der Waals surface area contributed by atoms with Gasteiger partial charge in [-0.3, -0.25) is 4.79 Å². The van der Waals surface area contributed by atoms with E-state index >= 15 is 0 Å². The molecular weight excluding hydrogens is 242 g/mol. The minimum atomic E-state index is 0.0194. The molecule has 1 aliphatic rings. The average Bonchev–Trinajstić information content (AvgIpc) is 2.40. The first kappa shape index (κ1) is 13.9. The van der Waals surface area contributed by atoms with Crippen molar-refractivity contribution in [3.8, 4) is 5.75 Å². The molecule has 0 aliphatic carbocycles. The van der Waals surface area contributed by atoms with E-state index < -0.39 is 0 Å². The lowest BCUT2D eigenvalue weighted by Gasteiger charge is -2.36. The Morgan fingerprint density at radius 2 is 2.16 bits per heavy atom. The van der Waals surface area contributed by atoms with E-state index in [-0.39, 0.29) is 24.7 Å². The van der Waals surface area contributed by atoms with Crippen LogP contribution in [-0.4, -0.2) is 42.7 Å². The van der Waals surface area contributed by atoms with Gasteiger partial charge in [0.15, 0.2) is 6.61 Å². The maximum atomic E-state index is 12.2. The van der Waals surface area contributed by atoms with Crippen molar-refractivity contribution < 1.29 is 14.3 Å². The Morgan fingerprint density at radius 3 is 2.89 bits per heavy atom. The van der Waals surface area contributed by atoms with E-state index in [1.54, 1.807) is 0 Å². The minimum Gasteiger partial charge on any atom is -0.484 e. The zero-order chi connectivity index (χ0) is 13.8. The highest BCUT2D eigenvalue weighted by atomic mass is 16.5. The molecule has 2 unspecified atom stereocenters. The van der Waals surface area contributed by atoms with Crippen molar-refractivity contribution in [1.29, 1.82) is 0 Å². The number of hydrogen-bond acceptors (Lipinski definition) is 3. The van der Waals surface area contributed by atoms with Gasteiger partial charge in [-0.15, -0.1) is 0 Å². The van der Waals surface area contributed by atoms with Crippen molar-refractivity contribution >= 4 is 5.91 Å². The van der Waals surface area contributed by atoms with Crippen LogP contribution in [0.4, 0.5) is 0 Å². The van der Waals surface area contributed by atoms with Gasteiger partial charge in [0.2, 0.25) is 0 Å². The van der Waals surface area contributed by atoms with Gasteiger partial charge in [0.1, 0.15) is 5.75 Å². The largest absolute Gasteiger partial charge is 0.484 e. The Kier molecular flexibility index (Phi) is 4.43. The number of carbonyl (C=O) groups excluding carboxylic acids is 1. The normalized spacial score (nSPS) is 23.2. The van der Waals surface area contributed by atoms with Crippen LogP contribution in [0.1, 0.15) is 19.4 Å². The molecule has 0 radical (unpaired) electrons. The van der Waals surface area contributed by atoms with Crippen LogP contribution in [-0.2, 0) is 9.53 Å². The summed E-state index contributed by atoms with van der Waals surface area (Å²) in [5.41, 5.74) is 1.04. The van der Waals surface area contributed by atoms with Crippen LogP contribution in [0.15, 0.2) is 24.3 Å². The first-order valence-corrected chi connectivity index (χ1v) is 6.67. The topological polar surface area (TPSA) is 38.8 Å². The predicted octanol–water partition coefficient (Wildman–Crippen LogP) is 2.01. The summed E-state index contributed by atoms with van der Waals surface area (Å²) >= 11 is 0. The third-order valence-electron chi connectivity index (χ3n) is 3.37. The van der Waals surface area contributed by atoms with Crippen molar-refractivity contribution in [1.82, 2.24) is 4.90 Å². The van der Waals surface area contributed by atoms with Crippen LogP contribution < -0.4 is 4.74 Å². The number of benzene rings is 1. The van der Waals surface area contributed by atoms with Crippen molar-refractivity contribution in [3.63, 3.8) is 0 Å². The minimum absolute atomic E-state index is 0.0194. The second-order valence-corrected chi connectivity index (χ2v) is 5.09. The van der Waals surface area contributed by atoms with Crippen LogP contribution in [0.25, 0.3) is 0 Å². The molecular formula is C15H21NO3. The molecule has 1 aromatic carbocycles. The number of hydrogen-bond donors (Lipinski definition) is 0. The number of carbonyl (C=O) groups is 1. The van der Waals surface area contributed by atoms with Crippen LogP contribution in [0.2, 0.25) is 0 Å². The lowest BCUT2D eigenvalue weighted by molar-refractivity contribution is -0.145. The van der Waals surface area contributed by atoms with Gasteiger partial charge >= 0.3 is 0 Å². The zero-order valence-electron chi connectivity index (χ0n) is 11.8.